The number of likely N-dealkylation sites (tertiary alicyclic amines) is 1. The lowest BCUT2D eigenvalue weighted by atomic mass is 9.74. The smallest absolute Gasteiger partial charge is 0.223 e. The van der Waals surface area contributed by atoms with Gasteiger partial charge in [0, 0.05) is 52.2 Å². The molecule has 2 aliphatic rings. The monoisotopic (exact) mass is 315 g/mol. The van der Waals surface area contributed by atoms with E-state index in [-0.39, 0.29) is 11.4 Å². The summed E-state index contributed by atoms with van der Waals surface area (Å²) in [4.78, 5) is 18.5. The number of likely N-dealkylation sites (N-methyl/N-ethyl adjacent to an activating group) is 1. The number of piperidine rings is 1. The number of nitrogens with zero attached hydrogens (tertiary/aromatic N) is 3. The van der Waals surface area contributed by atoms with Gasteiger partial charge in [-0.1, -0.05) is 24.3 Å². The van der Waals surface area contributed by atoms with Crippen LogP contribution >= 0.6 is 0 Å². The number of carbonyl (C=O) groups excluding carboxylic acids is 1. The van der Waals surface area contributed by atoms with Crippen molar-refractivity contribution in [1.29, 1.82) is 0 Å². The predicted octanol–water partition coefficient (Wildman–Crippen LogP) is 1.94. The number of fused-ring (bicyclic) bond motifs is 2. The molecule has 1 aromatic carbocycles. The van der Waals surface area contributed by atoms with Crippen molar-refractivity contribution in [2.75, 3.05) is 47.3 Å². The summed E-state index contributed by atoms with van der Waals surface area (Å²) in [7, 11) is 5.95. The summed E-state index contributed by atoms with van der Waals surface area (Å²) in [6.45, 7) is 4.20. The van der Waals surface area contributed by atoms with Crippen LogP contribution in [-0.2, 0) is 16.8 Å². The first kappa shape index (κ1) is 16.5. The second-order valence-corrected chi connectivity index (χ2v) is 7.24. The fourth-order valence-corrected chi connectivity index (χ4v) is 4.18. The quantitative estimate of drug-likeness (QED) is 0.853. The zero-order chi connectivity index (χ0) is 16.4. The molecule has 0 unspecified atom stereocenters. The van der Waals surface area contributed by atoms with Crippen LogP contribution < -0.4 is 0 Å². The maximum absolute atomic E-state index is 11.8. The average molecular weight is 315 g/mol. The molecule has 126 valence electrons. The Hall–Kier alpha value is -1.39. The molecule has 4 heteroatoms. The molecular formula is C19H29N3O. The van der Waals surface area contributed by atoms with Gasteiger partial charge in [-0.2, -0.15) is 0 Å². The van der Waals surface area contributed by atoms with E-state index in [4.69, 9.17) is 0 Å². The van der Waals surface area contributed by atoms with Crippen LogP contribution in [0.4, 0.5) is 0 Å². The molecule has 1 saturated heterocycles. The van der Waals surface area contributed by atoms with Gasteiger partial charge in [0.1, 0.15) is 0 Å². The molecule has 1 aromatic rings. The molecule has 3 rings (SSSR count). The van der Waals surface area contributed by atoms with Gasteiger partial charge in [-0.3, -0.25) is 9.69 Å². The molecule has 4 nitrogen and oxygen atoms in total. The Bertz CT molecular complexity index is 561. The van der Waals surface area contributed by atoms with E-state index in [0.717, 1.165) is 45.4 Å². The molecule has 1 spiro atoms. The number of amides is 1. The first-order valence-corrected chi connectivity index (χ1v) is 8.75. The van der Waals surface area contributed by atoms with Crippen LogP contribution in [0.5, 0.6) is 0 Å². The number of benzene rings is 1. The van der Waals surface area contributed by atoms with Crippen molar-refractivity contribution >= 4 is 5.91 Å². The molecule has 0 aromatic heterocycles. The van der Waals surface area contributed by atoms with Crippen molar-refractivity contribution in [1.82, 2.24) is 14.7 Å². The largest absolute Gasteiger partial charge is 0.349 e. The molecule has 0 aliphatic carbocycles. The van der Waals surface area contributed by atoms with Crippen molar-refractivity contribution in [3.05, 3.63) is 35.4 Å². The summed E-state index contributed by atoms with van der Waals surface area (Å²) < 4.78 is 0. The lowest BCUT2D eigenvalue weighted by Gasteiger charge is -2.51. The Kier molecular flexibility index (Phi) is 4.74. The Morgan fingerprint density at radius 1 is 1.17 bits per heavy atom. The minimum Gasteiger partial charge on any atom is -0.349 e. The Morgan fingerprint density at radius 2 is 1.87 bits per heavy atom. The number of hydrogen-bond donors (Lipinski definition) is 0. The van der Waals surface area contributed by atoms with E-state index in [1.165, 1.54) is 11.1 Å². The summed E-state index contributed by atoms with van der Waals surface area (Å²) in [5.74, 6) is 0.227. The third-order valence-corrected chi connectivity index (χ3v) is 5.79. The minimum absolute atomic E-state index is 0.205. The van der Waals surface area contributed by atoms with Crippen molar-refractivity contribution in [2.24, 2.45) is 0 Å². The van der Waals surface area contributed by atoms with Crippen molar-refractivity contribution in [3.63, 3.8) is 0 Å². The zero-order valence-corrected chi connectivity index (χ0v) is 14.7. The number of carbonyl (C=O) groups is 1. The summed E-state index contributed by atoms with van der Waals surface area (Å²) in [6, 6.07) is 8.98. The minimum atomic E-state index is 0.205. The van der Waals surface area contributed by atoms with Gasteiger partial charge in [-0.25, -0.2) is 0 Å². The van der Waals surface area contributed by atoms with E-state index < -0.39 is 0 Å². The lowest BCUT2D eigenvalue weighted by Crippen LogP contribution is -2.54. The SMILES string of the molecule is CN(C)C(=O)CCN1CCC2(CC1)c1ccccc1CCN2C. The third-order valence-electron chi connectivity index (χ3n) is 5.79. The van der Waals surface area contributed by atoms with Gasteiger partial charge in [0.2, 0.25) is 5.91 Å². The van der Waals surface area contributed by atoms with Crippen LogP contribution in [0.15, 0.2) is 24.3 Å². The van der Waals surface area contributed by atoms with Crippen LogP contribution in [0.3, 0.4) is 0 Å². The predicted molar refractivity (Wildman–Crippen MR) is 93.4 cm³/mol. The highest BCUT2D eigenvalue weighted by molar-refractivity contribution is 5.75. The van der Waals surface area contributed by atoms with E-state index in [9.17, 15) is 4.79 Å². The lowest BCUT2D eigenvalue weighted by molar-refractivity contribution is -0.129. The van der Waals surface area contributed by atoms with E-state index in [2.05, 4.69) is 41.1 Å². The Labute approximate surface area is 140 Å². The molecule has 23 heavy (non-hydrogen) atoms. The van der Waals surface area contributed by atoms with Crippen molar-refractivity contribution < 1.29 is 4.79 Å². The van der Waals surface area contributed by atoms with Crippen molar-refractivity contribution in [3.8, 4) is 0 Å². The second-order valence-electron chi connectivity index (χ2n) is 7.24. The second kappa shape index (κ2) is 6.62. The molecule has 0 radical (unpaired) electrons. The molecule has 0 atom stereocenters. The molecule has 2 heterocycles. The van der Waals surface area contributed by atoms with Crippen molar-refractivity contribution in [2.45, 2.75) is 31.2 Å². The first-order valence-electron chi connectivity index (χ1n) is 8.75. The van der Waals surface area contributed by atoms with E-state index in [1.54, 1.807) is 4.90 Å². The van der Waals surface area contributed by atoms with E-state index in [1.807, 2.05) is 14.1 Å². The third kappa shape index (κ3) is 3.15. The molecule has 0 saturated carbocycles. The van der Waals surface area contributed by atoms with Gasteiger partial charge >= 0.3 is 0 Å². The highest BCUT2D eigenvalue weighted by atomic mass is 16.2. The highest BCUT2D eigenvalue weighted by Crippen LogP contribution is 2.42. The van der Waals surface area contributed by atoms with Gasteiger partial charge in [0.25, 0.3) is 0 Å². The van der Waals surface area contributed by atoms with Crippen LogP contribution in [0.2, 0.25) is 0 Å². The molecule has 1 fully saturated rings. The number of rotatable bonds is 3. The molecule has 2 aliphatic heterocycles. The molecule has 0 N–H and O–H groups in total. The van der Waals surface area contributed by atoms with Gasteiger partial charge < -0.3 is 9.80 Å². The Balaban J connectivity index is 1.67. The summed E-state index contributed by atoms with van der Waals surface area (Å²) in [5, 5.41) is 0. The van der Waals surface area contributed by atoms with Gasteiger partial charge in [0.15, 0.2) is 0 Å². The Morgan fingerprint density at radius 3 is 2.57 bits per heavy atom. The van der Waals surface area contributed by atoms with Gasteiger partial charge in [-0.05, 0) is 37.4 Å². The van der Waals surface area contributed by atoms with E-state index >= 15 is 0 Å². The topological polar surface area (TPSA) is 26.8 Å². The summed E-state index contributed by atoms with van der Waals surface area (Å²) in [5.41, 5.74) is 3.27. The summed E-state index contributed by atoms with van der Waals surface area (Å²) in [6.07, 6.45) is 4.12. The molecule has 0 bridgehead atoms. The highest BCUT2D eigenvalue weighted by Gasteiger charge is 2.42. The molecule has 1 amide bonds. The van der Waals surface area contributed by atoms with Gasteiger partial charge in [-0.15, -0.1) is 0 Å². The maximum atomic E-state index is 11.8. The molecular weight excluding hydrogens is 286 g/mol. The van der Waals surface area contributed by atoms with Crippen LogP contribution in [-0.4, -0.2) is 67.9 Å². The van der Waals surface area contributed by atoms with Gasteiger partial charge in [0.05, 0.1) is 0 Å². The van der Waals surface area contributed by atoms with Crippen LogP contribution in [0.25, 0.3) is 0 Å². The normalized spacial score (nSPS) is 21.2. The van der Waals surface area contributed by atoms with Crippen LogP contribution in [0.1, 0.15) is 30.4 Å². The fraction of sp³-hybridized carbons (Fsp3) is 0.632. The standard InChI is InChI=1S/C19H29N3O/c1-20(2)18(23)9-13-22-14-10-19(11-15-22)17-7-5-4-6-16(17)8-12-21(19)3/h4-7H,8-15H2,1-3H3. The number of hydrogen-bond acceptors (Lipinski definition) is 3. The average Bonchev–Trinajstić information content (AvgIpc) is 2.57. The maximum Gasteiger partial charge on any atom is 0.223 e. The fourth-order valence-electron chi connectivity index (χ4n) is 4.18. The first-order chi connectivity index (χ1) is 11.0. The van der Waals surface area contributed by atoms with Crippen LogP contribution in [0, 0.1) is 0 Å². The van der Waals surface area contributed by atoms with E-state index in [0.29, 0.717) is 6.42 Å². The summed E-state index contributed by atoms with van der Waals surface area (Å²) >= 11 is 0. The zero-order valence-electron chi connectivity index (χ0n) is 14.7.